The van der Waals surface area contributed by atoms with Crippen molar-refractivity contribution in [2.24, 2.45) is 0 Å². The summed E-state index contributed by atoms with van der Waals surface area (Å²) in [5.74, 6) is -2.00. The molecule has 0 heterocycles. The van der Waals surface area contributed by atoms with E-state index in [1.165, 1.54) is 21.1 Å². The number of carbonyl (C=O) groups is 5. The number of benzene rings is 1. The molecule has 206 valence electrons. The van der Waals surface area contributed by atoms with Gasteiger partial charge in [0.1, 0.15) is 30.3 Å². The van der Waals surface area contributed by atoms with E-state index in [1.807, 2.05) is 6.07 Å². The van der Waals surface area contributed by atoms with Gasteiger partial charge in [-0.3, -0.25) is 4.79 Å². The fraction of sp³-hybridized carbons (Fsp3) is 0.560. The van der Waals surface area contributed by atoms with E-state index in [2.05, 4.69) is 20.7 Å². The van der Waals surface area contributed by atoms with Crippen LogP contribution in [-0.2, 0) is 39.9 Å². The number of nitrogens with one attached hydrogen (secondary N) is 3. The Hall–Kier alpha value is -3.83. The third-order valence-corrected chi connectivity index (χ3v) is 4.90. The predicted octanol–water partition coefficient (Wildman–Crippen LogP) is 2.20. The molecule has 37 heavy (non-hydrogen) atoms. The fourth-order valence-electron chi connectivity index (χ4n) is 3.09. The van der Waals surface area contributed by atoms with Gasteiger partial charge >= 0.3 is 24.1 Å². The van der Waals surface area contributed by atoms with E-state index in [0.29, 0.717) is 0 Å². The van der Waals surface area contributed by atoms with Crippen LogP contribution in [0.4, 0.5) is 9.59 Å². The number of hydrogen-bond acceptors (Lipinski definition) is 9. The van der Waals surface area contributed by atoms with Crippen LogP contribution in [0.15, 0.2) is 30.3 Å². The first-order chi connectivity index (χ1) is 17.4. The molecule has 1 aromatic carbocycles. The Labute approximate surface area is 216 Å². The standard InChI is InChI=1S/C25H37N3O9/c1-16(21(30)34-5)26-20(29)18(27-23(32)36-15-17-11-8-7-9-12-17)13-10-14-19(22(31)35-6)28-24(33)37-25(2,3)4/h7-9,11-12,16,18-19H,10,13-15H2,1-6H3,(H,26,29)(H,27,32)(H,28,33)/t16-,18-,19+/m1/s1. The number of ether oxygens (including phenoxy) is 4. The van der Waals surface area contributed by atoms with Crippen molar-refractivity contribution in [3.8, 4) is 0 Å². The van der Waals surface area contributed by atoms with Crippen LogP contribution in [0.3, 0.4) is 0 Å². The minimum Gasteiger partial charge on any atom is -0.467 e. The molecule has 0 saturated carbocycles. The first kappa shape index (κ1) is 31.2. The molecule has 0 aliphatic carbocycles. The van der Waals surface area contributed by atoms with Crippen LogP contribution in [0.1, 0.15) is 52.5 Å². The van der Waals surface area contributed by atoms with E-state index in [0.717, 1.165) is 5.56 Å². The van der Waals surface area contributed by atoms with E-state index in [-0.39, 0.29) is 25.9 Å². The number of esters is 2. The van der Waals surface area contributed by atoms with Gasteiger partial charge in [0.2, 0.25) is 5.91 Å². The fourth-order valence-corrected chi connectivity index (χ4v) is 3.09. The smallest absolute Gasteiger partial charge is 0.408 e. The van der Waals surface area contributed by atoms with Crippen molar-refractivity contribution in [3.05, 3.63) is 35.9 Å². The van der Waals surface area contributed by atoms with E-state index < -0.39 is 53.8 Å². The average molecular weight is 524 g/mol. The number of hydrogen-bond donors (Lipinski definition) is 3. The Morgan fingerprint density at radius 1 is 0.811 bits per heavy atom. The SMILES string of the molecule is COC(=O)[C@H](CCC[C@@H](NC(=O)OCc1ccccc1)C(=O)N[C@H](C)C(=O)OC)NC(=O)OC(C)(C)C. The topological polar surface area (TPSA) is 158 Å². The van der Waals surface area contributed by atoms with Gasteiger partial charge in [0.25, 0.3) is 0 Å². The molecule has 1 aromatic rings. The van der Waals surface area contributed by atoms with E-state index in [9.17, 15) is 24.0 Å². The predicted molar refractivity (Wildman–Crippen MR) is 132 cm³/mol. The van der Waals surface area contributed by atoms with Crippen molar-refractivity contribution >= 4 is 30.0 Å². The number of carbonyl (C=O) groups excluding carboxylic acids is 5. The maximum absolute atomic E-state index is 12.8. The zero-order chi connectivity index (χ0) is 28.0. The van der Waals surface area contributed by atoms with Crippen LogP contribution >= 0.6 is 0 Å². The summed E-state index contributed by atoms with van der Waals surface area (Å²) in [5.41, 5.74) is -0.0130. The second-order valence-electron chi connectivity index (χ2n) is 9.16. The number of alkyl carbamates (subject to hydrolysis) is 2. The van der Waals surface area contributed by atoms with Gasteiger partial charge in [-0.05, 0) is 52.5 Å². The molecule has 0 fully saturated rings. The largest absolute Gasteiger partial charge is 0.467 e. The lowest BCUT2D eigenvalue weighted by molar-refractivity contribution is -0.145. The summed E-state index contributed by atoms with van der Waals surface area (Å²) >= 11 is 0. The summed E-state index contributed by atoms with van der Waals surface area (Å²) in [4.78, 5) is 61.2. The number of methoxy groups -OCH3 is 2. The van der Waals surface area contributed by atoms with Crippen molar-refractivity contribution in [1.82, 2.24) is 16.0 Å². The minimum atomic E-state index is -1.10. The van der Waals surface area contributed by atoms with Crippen LogP contribution in [-0.4, -0.2) is 68.0 Å². The molecule has 0 unspecified atom stereocenters. The van der Waals surface area contributed by atoms with E-state index >= 15 is 0 Å². The summed E-state index contributed by atoms with van der Waals surface area (Å²) in [6, 6.07) is 5.87. The molecule has 12 heteroatoms. The van der Waals surface area contributed by atoms with Crippen LogP contribution in [0.2, 0.25) is 0 Å². The summed E-state index contributed by atoms with van der Waals surface area (Å²) in [5, 5.41) is 7.41. The van der Waals surface area contributed by atoms with Crippen LogP contribution in [0, 0.1) is 0 Å². The minimum absolute atomic E-state index is 0.0101. The molecule has 3 amide bonds. The van der Waals surface area contributed by atoms with E-state index in [1.54, 1.807) is 45.0 Å². The van der Waals surface area contributed by atoms with Crippen molar-refractivity contribution in [3.63, 3.8) is 0 Å². The summed E-state index contributed by atoms with van der Waals surface area (Å²) in [6.07, 6.45) is -1.29. The highest BCUT2D eigenvalue weighted by molar-refractivity contribution is 5.89. The van der Waals surface area contributed by atoms with E-state index in [4.69, 9.17) is 14.2 Å². The quantitative estimate of drug-likeness (QED) is 0.276. The maximum atomic E-state index is 12.8. The lowest BCUT2D eigenvalue weighted by Crippen LogP contribution is -2.51. The molecular formula is C25H37N3O9. The Kier molecular flexibility index (Phi) is 12.9. The zero-order valence-electron chi connectivity index (χ0n) is 22.1. The Bertz CT molecular complexity index is 916. The highest BCUT2D eigenvalue weighted by Gasteiger charge is 2.28. The average Bonchev–Trinajstić information content (AvgIpc) is 2.84. The highest BCUT2D eigenvalue weighted by atomic mass is 16.6. The lowest BCUT2D eigenvalue weighted by Gasteiger charge is -2.23. The zero-order valence-corrected chi connectivity index (χ0v) is 22.1. The third kappa shape index (κ3) is 12.6. The first-order valence-corrected chi connectivity index (χ1v) is 11.8. The summed E-state index contributed by atoms with van der Waals surface area (Å²) < 4.78 is 19.7. The van der Waals surface area contributed by atoms with Gasteiger partial charge in [0.15, 0.2) is 0 Å². The molecule has 0 bridgehead atoms. The maximum Gasteiger partial charge on any atom is 0.408 e. The Balaban J connectivity index is 2.83. The van der Waals surface area contributed by atoms with Crippen molar-refractivity contribution in [2.75, 3.05) is 14.2 Å². The van der Waals surface area contributed by atoms with Crippen LogP contribution < -0.4 is 16.0 Å². The highest BCUT2D eigenvalue weighted by Crippen LogP contribution is 2.11. The third-order valence-electron chi connectivity index (χ3n) is 4.90. The molecule has 0 aromatic heterocycles. The molecule has 3 N–H and O–H groups in total. The van der Waals surface area contributed by atoms with Crippen LogP contribution in [0.25, 0.3) is 0 Å². The number of rotatable bonds is 12. The number of amides is 3. The summed E-state index contributed by atoms with van der Waals surface area (Å²) in [7, 11) is 2.37. The van der Waals surface area contributed by atoms with Gasteiger partial charge in [0.05, 0.1) is 14.2 Å². The molecule has 0 saturated heterocycles. The van der Waals surface area contributed by atoms with Gasteiger partial charge in [-0.25, -0.2) is 19.2 Å². The van der Waals surface area contributed by atoms with Crippen LogP contribution in [0.5, 0.6) is 0 Å². The van der Waals surface area contributed by atoms with Crippen molar-refractivity contribution < 1.29 is 42.9 Å². The van der Waals surface area contributed by atoms with Gasteiger partial charge in [-0.1, -0.05) is 30.3 Å². The summed E-state index contributed by atoms with van der Waals surface area (Å²) in [6.45, 7) is 6.47. The van der Waals surface area contributed by atoms with Crippen molar-refractivity contribution in [2.45, 2.75) is 77.3 Å². The molecule has 0 aliphatic rings. The normalized spacial score (nSPS) is 13.2. The van der Waals surface area contributed by atoms with Gasteiger partial charge < -0.3 is 34.9 Å². The molecule has 3 atom stereocenters. The Morgan fingerprint density at radius 2 is 1.38 bits per heavy atom. The molecule has 12 nitrogen and oxygen atoms in total. The first-order valence-electron chi connectivity index (χ1n) is 11.8. The monoisotopic (exact) mass is 523 g/mol. The Morgan fingerprint density at radius 3 is 1.95 bits per heavy atom. The van der Waals surface area contributed by atoms with Gasteiger partial charge in [-0.15, -0.1) is 0 Å². The molecule has 0 radical (unpaired) electrons. The molecule has 1 rings (SSSR count). The second-order valence-corrected chi connectivity index (χ2v) is 9.16. The van der Waals surface area contributed by atoms with Crippen molar-refractivity contribution in [1.29, 1.82) is 0 Å². The molecular weight excluding hydrogens is 486 g/mol. The lowest BCUT2D eigenvalue weighted by atomic mass is 10.0. The van der Waals surface area contributed by atoms with Gasteiger partial charge in [-0.2, -0.15) is 0 Å². The van der Waals surface area contributed by atoms with Gasteiger partial charge in [0, 0.05) is 0 Å². The molecule has 0 spiro atoms. The second kappa shape index (κ2) is 15.3. The molecule has 0 aliphatic heterocycles.